The van der Waals surface area contributed by atoms with Crippen LogP contribution in [0.5, 0.6) is 0 Å². The lowest BCUT2D eigenvalue weighted by molar-refractivity contribution is 0.199. The minimum atomic E-state index is -0.491. The molecule has 1 aromatic rings. The Morgan fingerprint density at radius 1 is 1.47 bits per heavy atom. The van der Waals surface area contributed by atoms with Crippen molar-refractivity contribution in [1.82, 2.24) is 0 Å². The van der Waals surface area contributed by atoms with Crippen molar-refractivity contribution in [3.63, 3.8) is 0 Å². The van der Waals surface area contributed by atoms with Crippen LogP contribution in [0.2, 0.25) is 5.02 Å². The molecule has 0 amide bonds. The number of halogens is 1. The Morgan fingerprint density at radius 3 is 2.89 bits per heavy atom. The molecule has 19 heavy (non-hydrogen) atoms. The van der Waals surface area contributed by atoms with Gasteiger partial charge in [0.25, 0.3) is 0 Å². The van der Waals surface area contributed by atoms with Crippen LogP contribution >= 0.6 is 11.6 Å². The third kappa shape index (κ3) is 3.62. The summed E-state index contributed by atoms with van der Waals surface area (Å²) in [6, 6.07) is 5.77. The normalized spacial score (nSPS) is 21.5. The number of nitrogens with zero attached hydrogens (tertiary/aromatic N) is 1. The summed E-state index contributed by atoms with van der Waals surface area (Å²) < 4.78 is 0. The molecule has 2 N–H and O–H groups in total. The van der Waals surface area contributed by atoms with E-state index in [2.05, 4.69) is 4.90 Å². The zero-order valence-electron chi connectivity index (χ0n) is 11.3. The van der Waals surface area contributed by atoms with Gasteiger partial charge in [0.05, 0.1) is 16.8 Å². The number of piperidine rings is 1. The standard InChI is InChI=1S/C15H22ClNO2/c1-11(19)13-4-5-15(14(16)9-13)17-7-2-3-12(10-17)6-8-18/h4-5,9,11-12,18-19H,2-3,6-8,10H2,1H3. The van der Waals surface area contributed by atoms with Crippen LogP contribution in [0.4, 0.5) is 5.69 Å². The molecule has 1 aliphatic heterocycles. The molecule has 2 rings (SSSR count). The summed E-state index contributed by atoms with van der Waals surface area (Å²) in [5.41, 5.74) is 1.88. The van der Waals surface area contributed by atoms with Crippen LogP contribution in [0.15, 0.2) is 18.2 Å². The fourth-order valence-electron chi connectivity index (χ4n) is 2.74. The number of hydrogen-bond donors (Lipinski definition) is 2. The Hall–Kier alpha value is -0.770. The maximum Gasteiger partial charge on any atom is 0.0762 e. The first kappa shape index (κ1) is 14.6. The average molecular weight is 284 g/mol. The Kier molecular flexibility index (Phi) is 5.08. The minimum absolute atomic E-state index is 0.257. The Labute approximate surface area is 119 Å². The molecule has 1 aliphatic rings. The first-order chi connectivity index (χ1) is 9.11. The largest absolute Gasteiger partial charge is 0.396 e. The molecule has 4 heteroatoms. The van der Waals surface area contributed by atoms with E-state index in [9.17, 15) is 5.11 Å². The monoisotopic (exact) mass is 283 g/mol. The average Bonchev–Trinajstić information content (AvgIpc) is 2.39. The second-order valence-electron chi connectivity index (χ2n) is 5.35. The van der Waals surface area contributed by atoms with E-state index in [0.29, 0.717) is 10.9 Å². The topological polar surface area (TPSA) is 43.7 Å². The molecule has 0 aliphatic carbocycles. The van der Waals surface area contributed by atoms with Crippen LogP contribution in [-0.4, -0.2) is 29.9 Å². The van der Waals surface area contributed by atoms with Gasteiger partial charge in [0.15, 0.2) is 0 Å². The summed E-state index contributed by atoms with van der Waals surface area (Å²) in [4.78, 5) is 2.29. The van der Waals surface area contributed by atoms with Crippen LogP contribution in [0.25, 0.3) is 0 Å². The highest BCUT2D eigenvalue weighted by Gasteiger charge is 2.21. The maximum atomic E-state index is 9.56. The molecule has 0 radical (unpaired) electrons. The molecule has 0 aromatic heterocycles. The summed E-state index contributed by atoms with van der Waals surface area (Å²) in [7, 11) is 0. The number of rotatable bonds is 4. The highest BCUT2D eigenvalue weighted by molar-refractivity contribution is 6.33. The predicted molar refractivity (Wildman–Crippen MR) is 78.7 cm³/mol. The molecule has 0 saturated carbocycles. The quantitative estimate of drug-likeness (QED) is 0.893. The lowest BCUT2D eigenvalue weighted by Crippen LogP contribution is -2.35. The van der Waals surface area contributed by atoms with E-state index in [1.807, 2.05) is 18.2 Å². The van der Waals surface area contributed by atoms with Gasteiger partial charge in [0, 0.05) is 19.7 Å². The van der Waals surface area contributed by atoms with Gasteiger partial charge < -0.3 is 15.1 Å². The van der Waals surface area contributed by atoms with E-state index < -0.39 is 6.10 Å². The van der Waals surface area contributed by atoms with Crippen LogP contribution in [0.3, 0.4) is 0 Å². The Bertz CT molecular complexity index is 421. The smallest absolute Gasteiger partial charge is 0.0762 e. The molecule has 2 unspecified atom stereocenters. The SMILES string of the molecule is CC(O)c1ccc(N2CCCC(CCO)C2)c(Cl)c1. The zero-order chi connectivity index (χ0) is 13.8. The van der Waals surface area contributed by atoms with Gasteiger partial charge in [-0.2, -0.15) is 0 Å². The number of hydrogen-bond acceptors (Lipinski definition) is 3. The lowest BCUT2D eigenvalue weighted by Gasteiger charge is -2.35. The van der Waals surface area contributed by atoms with Crippen LogP contribution in [0, 0.1) is 5.92 Å². The molecular weight excluding hydrogens is 262 g/mol. The summed E-state index contributed by atoms with van der Waals surface area (Å²) in [5.74, 6) is 0.547. The van der Waals surface area contributed by atoms with E-state index in [0.717, 1.165) is 37.2 Å². The summed E-state index contributed by atoms with van der Waals surface area (Å²) in [6.45, 7) is 3.96. The first-order valence-electron chi connectivity index (χ1n) is 6.95. The van der Waals surface area contributed by atoms with Gasteiger partial charge >= 0.3 is 0 Å². The van der Waals surface area contributed by atoms with Crippen molar-refractivity contribution in [3.05, 3.63) is 28.8 Å². The molecule has 1 fully saturated rings. The van der Waals surface area contributed by atoms with Crippen molar-refractivity contribution in [2.24, 2.45) is 5.92 Å². The van der Waals surface area contributed by atoms with Crippen molar-refractivity contribution in [2.45, 2.75) is 32.3 Å². The van der Waals surface area contributed by atoms with E-state index in [1.54, 1.807) is 6.92 Å². The number of aliphatic hydroxyl groups is 2. The first-order valence-corrected chi connectivity index (χ1v) is 7.33. The zero-order valence-corrected chi connectivity index (χ0v) is 12.1. The van der Waals surface area contributed by atoms with Gasteiger partial charge in [-0.15, -0.1) is 0 Å². The fourth-order valence-corrected chi connectivity index (χ4v) is 3.05. The highest BCUT2D eigenvalue weighted by atomic mass is 35.5. The van der Waals surface area contributed by atoms with Gasteiger partial charge in [-0.1, -0.05) is 17.7 Å². The Morgan fingerprint density at radius 2 is 2.26 bits per heavy atom. The van der Waals surface area contributed by atoms with Crippen molar-refractivity contribution < 1.29 is 10.2 Å². The van der Waals surface area contributed by atoms with Gasteiger partial charge in [0.2, 0.25) is 0 Å². The summed E-state index contributed by atoms with van der Waals surface area (Å²) in [6.07, 6.45) is 2.69. The van der Waals surface area contributed by atoms with Crippen LogP contribution in [-0.2, 0) is 0 Å². The van der Waals surface area contributed by atoms with Gasteiger partial charge in [0.1, 0.15) is 0 Å². The molecule has 0 spiro atoms. The molecule has 3 nitrogen and oxygen atoms in total. The number of aliphatic hydroxyl groups excluding tert-OH is 2. The lowest BCUT2D eigenvalue weighted by atomic mass is 9.94. The van der Waals surface area contributed by atoms with E-state index >= 15 is 0 Å². The van der Waals surface area contributed by atoms with E-state index in [4.69, 9.17) is 16.7 Å². The molecule has 106 valence electrons. The summed E-state index contributed by atoms with van der Waals surface area (Å²) in [5, 5.41) is 19.3. The molecule has 2 atom stereocenters. The molecular formula is C15H22ClNO2. The van der Waals surface area contributed by atoms with Crippen molar-refractivity contribution in [2.75, 3.05) is 24.6 Å². The second-order valence-corrected chi connectivity index (χ2v) is 5.76. The van der Waals surface area contributed by atoms with Crippen molar-refractivity contribution in [1.29, 1.82) is 0 Å². The molecule has 0 bridgehead atoms. The summed E-state index contributed by atoms with van der Waals surface area (Å²) >= 11 is 6.33. The molecule has 1 heterocycles. The van der Waals surface area contributed by atoms with Crippen molar-refractivity contribution >= 4 is 17.3 Å². The van der Waals surface area contributed by atoms with Crippen LogP contribution < -0.4 is 4.90 Å². The van der Waals surface area contributed by atoms with E-state index in [1.165, 1.54) is 6.42 Å². The van der Waals surface area contributed by atoms with Crippen molar-refractivity contribution in [3.8, 4) is 0 Å². The fraction of sp³-hybridized carbons (Fsp3) is 0.600. The molecule has 1 saturated heterocycles. The highest BCUT2D eigenvalue weighted by Crippen LogP contribution is 2.32. The Balaban J connectivity index is 2.12. The number of anilines is 1. The van der Waals surface area contributed by atoms with Gasteiger partial charge in [-0.05, 0) is 49.8 Å². The third-order valence-corrected chi connectivity index (χ3v) is 4.15. The van der Waals surface area contributed by atoms with Gasteiger partial charge in [-0.3, -0.25) is 0 Å². The minimum Gasteiger partial charge on any atom is -0.396 e. The van der Waals surface area contributed by atoms with Crippen LogP contribution in [0.1, 0.15) is 37.9 Å². The maximum absolute atomic E-state index is 9.56. The van der Waals surface area contributed by atoms with E-state index in [-0.39, 0.29) is 6.61 Å². The number of benzene rings is 1. The molecule has 1 aromatic carbocycles. The third-order valence-electron chi connectivity index (χ3n) is 3.85. The van der Waals surface area contributed by atoms with Gasteiger partial charge in [-0.25, -0.2) is 0 Å². The predicted octanol–water partition coefficient (Wildman–Crippen LogP) is 2.99. The second kappa shape index (κ2) is 6.60.